The molecule has 0 saturated heterocycles. The van der Waals surface area contributed by atoms with Crippen LogP contribution >= 0.6 is 0 Å². The molecule has 0 fully saturated rings. The Morgan fingerprint density at radius 1 is 0.914 bits per heavy atom. The fraction of sp³-hybridized carbons (Fsp3) is 0.538. The number of rotatable bonds is 13. The van der Waals surface area contributed by atoms with Gasteiger partial charge in [0.1, 0.15) is 6.73 Å². The van der Waals surface area contributed by atoms with Crippen LogP contribution in [0.3, 0.4) is 0 Å². The lowest BCUT2D eigenvalue weighted by molar-refractivity contribution is -0.384. The molecule has 9 heteroatoms. The van der Waals surface area contributed by atoms with Crippen LogP contribution in [-0.4, -0.2) is 48.3 Å². The Labute approximate surface area is 206 Å². The van der Waals surface area contributed by atoms with Crippen LogP contribution in [0.25, 0.3) is 0 Å². The average molecular weight is 489 g/mol. The number of carbonyl (C=O) groups is 2. The number of carbonyl (C=O) groups excluding carboxylic acids is 2. The molecule has 0 bridgehead atoms. The lowest BCUT2D eigenvalue weighted by Crippen LogP contribution is -2.38. The van der Waals surface area contributed by atoms with Gasteiger partial charge in [0.25, 0.3) is 5.69 Å². The first-order chi connectivity index (χ1) is 16.9. The molecule has 0 amide bonds. The fourth-order valence-electron chi connectivity index (χ4n) is 4.32. The summed E-state index contributed by atoms with van der Waals surface area (Å²) in [6.07, 6.45) is 2.54. The Balaban J connectivity index is 2.96. The summed E-state index contributed by atoms with van der Waals surface area (Å²) >= 11 is 0. The van der Waals surface area contributed by atoms with Gasteiger partial charge >= 0.3 is 11.9 Å². The van der Waals surface area contributed by atoms with Gasteiger partial charge in [0.15, 0.2) is 0 Å². The lowest BCUT2D eigenvalue weighted by Gasteiger charge is -2.40. The van der Waals surface area contributed by atoms with E-state index in [-0.39, 0.29) is 36.8 Å². The summed E-state index contributed by atoms with van der Waals surface area (Å²) < 4.78 is 16.7. The van der Waals surface area contributed by atoms with Crippen LogP contribution in [0.5, 0.6) is 0 Å². The minimum absolute atomic E-state index is 0.125. The minimum atomic E-state index is -0.867. The molecule has 0 spiro atoms. The first-order valence-corrected chi connectivity index (χ1v) is 12.3. The van der Waals surface area contributed by atoms with Gasteiger partial charge in [0.05, 0.1) is 35.2 Å². The summed E-state index contributed by atoms with van der Waals surface area (Å²) in [6, 6.07) is 6.05. The third-order valence-corrected chi connectivity index (χ3v) is 5.65. The van der Waals surface area contributed by atoms with Crippen molar-refractivity contribution in [3.05, 3.63) is 62.5 Å². The molecular formula is C26H36N2O7. The van der Waals surface area contributed by atoms with E-state index in [0.29, 0.717) is 36.4 Å². The van der Waals surface area contributed by atoms with Gasteiger partial charge in [-0.2, -0.15) is 0 Å². The Morgan fingerprint density at radius 2 is 1.46 bits per heavy atom. The van der Waals surface area contributed by atoms with E-state index in [1.165, 1.54) is 12.1 Å². The van der Waals surface area contributed by atoms with E-state index in [2.05, 4.69) is 0 Å². The van der Waals surface area contributed by atoms with E-state index in [4.69, 9.17) is 14.2 Å². The van der Waals surface area contributed by atoms with Crippen molar-refractivity contribution in [1.82, 2.24) is 4.90 Å². The van der Waals surface area contributed by atoms with Gasteiger partial charge in [0, 0.05) is 30.1 Å². The van der Waals surface area contributed by atoms with Crippen molar-refractivity contribution in [2.24, 2.45) is 0 Å². The van der Waals surface area contributed by atoms with Crippen molar-refractivity contribution in [2.75, 3.05) is 26.6 Å². The number of ether oxygens (including phenoxy) is 3. The zero-order chi connectivity index (χ0) is 26.0. The monoisotopic (exact) mass is 488 g/mol. The van der Waals surface area contributed by atoms with Crippen molar-refractivity contribution in [2.45, 2.75) is 66.2 Å². The minimum Gasteiger partial charge on any atom is -0.463 e. The van der Waals surface area contributed by atoms with Gasteiger partial charge in [-0.15, -0.1) is 0 Å². The highest BCUT2D eigenvalue weighted by Crippen LogP contribution is 2.46. The topological polar surface area (TPSA) is 108 Å². The molecular weight excluding hydrogens is 452 g/mol. The number of hydrogen-bond acceptors (Lipinski definition) is 8. The van der Waals surface area contributed by atoms with Crippen molar-refractivity contribution >= 4 is 17.6 Å². The van der Waals surface area contributed by atoms with Crippen molar-refractivity contribution in [3.8, 4) is 0 Å². The number of allylic oxidation sites excluding steroid dienone is 2. The maximum Gasteiger partial charge on any atom is 0.336 e. The Morgan fingerprint density at radius 3 is 1.89 bits per heavy atom. The maximum absolute atomic E-state index is 13.4. The molecule has 192 valence electrons. The standard InChI is InChI=1S/C26H36N2O7/c1-6-12-20-23(25(29)34-9-4)22(18-14-11-15-19(16-18)28(31)32)24(26(30)35-10-5)21(13-7-2)27(20)17-33-8-3/h11,14-16,22H,6-10,12-13,17H2,1-5H3. The smallest absolute Gasteiger partial charge is 0.336 e. The van der Waals surface area contributed by atoms with Crippen LogP contribution in [0.1, 0.15) is 71.8 Å². The van der Waals surface area contributed by atoms with Crippen LogP contribution in [0.15, 0.2) is 46.8 Å². The van der Waals surface area contributed by atoms with E-state index >= 15 is 0 Å². The molecule has 2 rings (SSSR count). The third kappa shape index (κ3) is 6.48. The summed E-state index contributed by atoms with van der Waals surface area (Å²) in [5, 5.41) is 11.5. The van der Waals surface area contributed by atoms with E-state index in [0.717, 1.165) is 12.8 Å². The van der Waals surface area contributed by atoms with Gasteiger partial charge in [-0.3, -0.25) is 10.1 Å². The average Bonchev–Trinajstić information content (AvgIpc) is 2.83. The van der Waals surface area contributed by atoms with Crippen molar-refractivity contribution in [1.29, 1.82) is 0 Å². The van der Waals surface area contributed by atoms with E-state index in [9.17, 15) is 19.7 Å². The number of hydrogen-bond donors (Lipinski definition) is 0. The lowest BCUT2D eigenvalue weighted by atomic mass is 9.78. The molecule has 0 unspecified atom stereocenters. The predicted octanol–water partition coefficient (Wildman–Crippen LogP) is 5.22. The number of benzene rings is 1. The zero-order valence-electron chi connectivity index (χ0n) is 21.3. The number of esters is 2. The molecule has 1 heterocycles. The second-order valence-corrected chi connectivity index (χ2v) is 8.00. The molecule has 0 N–H and O–H groups in total. The number of nitrogens with zero attached hydrogens (tertiary/aromatic N) is 2. The van der Waals surface area contributed by atoms with Crippen LogP contribution in [-0.2, 0) is 23.8 Å². The molecule has 0 aromatic heterocycles. The molecule has 0 atom stereocenters. The fourth-order valence-corrected chi connectivity index (χ4v) is 4.32. The molecule has 1 aromatic rings. The molecule has 35 heavy (non-hydrogen) atoms. The van der Waals surface area contributed by atoms with Gasteiger partial charge in [-0.1, -0.05) is 38.8 Å². The van der Waals surface area contributed by atoms with Gasteiger partial charge in [0.2, 0.25) is 0 Å². The molecule has 0 radical (unpaired) electrons. The molecule has 0 aliphatic carbocycles. The highest BCUT2D eigenvalue weighted by molar-refractivity contribution is 6.00. The first kappa shape index (κ1) is 28.0. The summed E-state index contributed by atoms with van der Waals surface area (Å²) in [5.74, 6) is -1.99. The van der Waals surface area contributed by atoms with Crippen LogP contribution in [0.2, 0.25) is 0 Å². The molecule has 1 aliphatic heterocycles. The Hall–Kier alpha value is -3.20. The predicted molar refractivity (Wildman–Crippen MR) is 131 cm³/mol. The summed E-state index contributed by atoms with van der Waals surface area (Å²) in [7, 11) is 0. The van der Waals surface area contributed by atoms with Gasteiger partial charge in [-0.05, 0) is 39.2 Å². The molecule has 1 aliphatic rings. The maximum atomic E-state index is 13.4. The van der Waals surface area contributed by atoms with Gasteiger partial charge < -0.3 is 19.1 Å². The van der Waals surface area contributed by atoms with Crippen LogP contribution in [0, 0.1) is 10.1 Å². The summed E-state index contributed by atoms with van der Waals surface area (Å²) in [6.45, 7) is 10.2. The largest absolute Gasteiger partial charge is 0.463 e. The Kier molecular flexibility index (Phi) is 10.9. The third-order valence-electron chi connectivity index (χ3n) is 5.65. The van der Waals surface area contributed by atoms with Crippen molar-refractivity contribution in [3.63, 3.8) is 0 Å². The van der Waals surface area contributed by atoms with Crippen molar-refractivity contribution < 1.29 is 28.7 Å². The zero-order valence-corrected chi connectivity index (χ0v) is 21.3. The SMILES string of the molecule is CCCC1=C(C(=O)OCC)C(c2cccc([N+](=O)[O-])c2)C(C(=O)OCC)=C(CCC)N1COCC. The first-order valence-electron chi connectivity index (χ1n) is 12.3. The Bertz CT molecular complexity index is 938. The highest BCUT2D eigenvalue weighted by Gasteiger charge is 2.42. The van der Waals surface area contributed by atoms with E-state index < -0.39 is 22.8 Å². The molecule has 9 nitrogen and oxygen atoms in total. The van der Waals surface area contributed by atoms with Crippen LogP contribution in [0.4, 0.5) is 5.69 Å². The summed E-state index contributed by atoms with van der Waals surface area (Å²) in [4.78, 5) is 39.8. The second kappa shape index (κ2) is 13.6. The highest BCUT2D eigenvalue weighted by atomic mass is 16.6. The van der Waals surface area contributed by atoms with Gasteiger partial charge in [-0.25, -0.2) is 9.59 Å². The molecule has 1 aromatic carbocycles. The summed E-state index contributed by atoms with van der Waals surface area (Å²) in [5.41, 5.74) is 2.32. The number of nitro groups is 1. The molecule has 0 saturated carbocycles. The van der Waals surface area contributed by atoms with E-state index in [1.807, 2.05) is 25.7 Å². The second-order valence-electron chi connectivity index (χ2n) is 8.00. The van der Waals surface area contributed by atoms with Crippen LogP contribution < -0.4 is 0 Å². The van der Waals surface area contributed by atoms with E-state index in [1.54, 1.807) is 26.0 Å². The normalized spacial score (nSPS) is 14.4. The number of nitro benzene ring substituents is 1. The quantitative estimate of drug-likeness (QED) is 0.211. The number of non-ortho nitro benzene ring substituents is 1.